The van der Waals surface area contributed by atoms with Crippen molar-refractivity contribution in [1.82, 2.24) is 10.6 Å². The van der Waals surface area contributed by atoms with Crippen molar-refractivity contribution in [3.63, 3.8) is 0 Å². The molecule has 1 rings (SSSR count). The monoisotopic (exact) mass is 256 g/mol. The van der Waals surface area contributed by atoms with Crippen LogP contribution >= 0.6 is 0 Å². The van der Waals surface area contributed by atoms with Gasteiger partial charge in [-0.15, -0.1) is 0 Å². The highest BCUT2D eigenvalue weighted by Gasteiger charge is 2.27. The van der Waals surface area contributed by atoms with Crippen LogP contribution in [-0.4, -0.2) is 30.8 Å². The standard InChI is InChI=1S/C14H28N2O2/c1-10(2)11-7-6-8-15-12(11)9-16-13(17)18-14(3,4)5/h10-12,15H,6-9H2,1-5H3,(H,16,17). The molecule has 18 heavy (non-hydrogen) atoms. The van der Waals surface area contributed by atoms with Gasteiger partial charge in [0.25, 0.3) is 0 Å². The number of carbonyl (C=O) groups excluding carboxylic acids is 1. The van der Waals surface area contributed by atoms with E-state index in [1.54, 1.807) is 0 Å². The van der Waals surface area contributed by atoms with E-state index >= 15 is 0 Å². The maximum Gasteiger partial charge on any atom is 0.407 e. The highest BCUT2D eigenvalue weighted by atomic mass is 16.6. The van der Waals surface area contributed by atoms with Gasteiger partial charge in [0.15, 0.2) is 0 Å². The molecule has 0 aliphatic carbocycles. The minimum atomic E-state index is -0.429. The van der Waals surface area contributed by atoms with Crippen LogP contribution in [0.4, 0.5) is 4.79 Å². The van der Waals surface area contributed by atoms with Crippen LogP contribution < -0.4 is 10.6 Å². The third kappa shape index (κ3) is 5.25. The SMILES string of the molecule is CC(C)C1CCCNC1CNC(=O)OC(C)(C)C. The van der Waals surface area contributed by atoms with Crippen molar-refractivity contribution in [2.24, 2.45) is 11.8 Å². The maximum atomic E-state index is 11.6. The van der Waals surface area contributed by atoms with Crippen molar-refractivity contribution in [2.75, 3.05) is 13.1 Å². The average Bonchev–Trinajstić information content (AvgIpc) is 2.24. The lowest BCUT2D eigenvalue weighted by Gasteiger charge is -2.35. The normalized spacial score (nSPS) is 25.0. The zero-order valence-electron chi connectivity index (χ0n) is 12.4. The molecule has 4 heteroatoms. The Morgan fingerprint density at radius 1 is 1.44 bits per heavy atom. The summed E-state index contributed by atoms with van der Waals surface area (Å²) < 4.78 is 5.25. The molecule has 0 radical (unpaired) electrons. The van der Waals surface area contributed by atoms with Gasteiger partial charge in [-0.05, 0) is 52.0 Å². The number of nitrogens with one attached hydrogen (secondary N) is 2. The molecule has 1 fully saturated rings. The Balaban J connectivity index is 2.39. The number of piperidine rings is 1. The van der Waals surface area contributed by atoms with Gasteiger partial charge in [-0.1, -0.05) is 13.8 Å². The van der Waals surface area contributed by atoms with Crippen molar-refractivity contribution in [1.29, 1.82) is 0 Å². The number of rotatable bonds is 3. The fourth-order valence-corrected chi connectivity index (χ4v) is 2.51. The highest BCUT2D eigenvalue weighted by Crippen LogP contribution is 2.24. The number of ether oxygens (including phenoxy) is 1. The minimum absolute atomic E-state index is 0.322. The number of amides is 1. The van der Waals surface area contributed by atoms with Crippen molar-refractivity contribution in [3.05, 3.63) is 0 Å². The summed E-state index contributed by atoms with van der Waals surface area (Å²) >= 11 is 0. The molecule has 0 aromatic heterocycles. The zero-order chi connectivity index (χ0) is 13.8. The fraction of sp³-hybridized carbons (Fsp3) is 0.929. The summed E-state index contributed by atoms with van der Waals surface area (Å²) in [5.41, 5.74) is -0.429. The molecule has 1 heterocycles. The van der Waals surface area contributed by atoms with E-state index in [0.717, 1.165) is 6.54 Å². The molecular formula is C14H28N2O2. The quantitative estimate of drug-likeness (QED) is 0.816. The molecule has 1 saturated heterocycles. The van der Waals surface area contributed by atoms with Crippen molar-refractivity contribution >= 4 is 6.09 Å². The zero-order valence-corrected chi connectivity index (χ0v) is 12.4. The van der Waals surface area contributed by atoms with Crippen LogP contribution in [0, 0.1) is 11.8 Å². The molecule has 4 nitrogen and oxygen atoms in total. The van der Waals surface area contributed by atoms with Crippen LogP contribution in [0.3, 0.4) is 0 Å². The van der Waals surface area contributed by atoms with E-state index in [4.69, 9.17) is 4.74 Å². The predicted molar refractivity (Wildman–Crippen MR) is 73.6 cm³/mol. The van der Waals surface area contributed by atoms with Gasteiger partial charge in [-0.25, -0.2) is 4.79 Å². The Kier molecular flexibility index (Phi) is 5.45. The van der Waals surface area contributed by atoms with Gasteiger partial charge in [0.1, 0.15) is 5.60 Å². The molecule has 1 aliphatic rings. The molecule has 0 saturated carbocycles. The molecule has 0 aromatic rings. The summed E-state index contributed by atoms with van der Waals surface area (Å²) in [6.07, 6.45) is 2.15. The molecule has 1 amide bonds. The van der Waals surface area contributed by atoms with Gasteiger partial charge in [-0.2, -0.15) is 0 Å². The van der Waals surface area contributed by atoms with Gasteiger partial charge < -0.3 is 15.4 Å². The number of carbonyl (C=O) groups is 1. The predicted octanol–water partition coefficient (Wildman–Crippen LogP) is 2.54. The van der Waals surface area contributed by atoms with Gasteiger partial charge >= 0.3 is 6.09 Å². The first-order chi connectivity index (χ1) is 8.29. The summed E-state index contributed by atoms with van der Waals surface area (Å²) in [5.74, 6) is 1.27. The van der Waals surface area contributed by atoms with Gasteiger partial charge in [0.05, 0.1) is 0 Å². The first-order valence-corrected chi connectivity index (χ1v) is 7.00. The Labute approximate surface area is 111 Å². The molecule has 2 unspecified atom stereocenters. The number of alkyl carbamates (subject to hydrolysis) is 1. The molecule has 1 aliphatic heterocycles. The third-order valence-electron chi connectivity index (χ3n) is 3.36. The largest absolute Gasteiger partial charge is 0.444 e. The summed E-state index contributed by atoms with van der Waals surface area (Å²) in [6, 6.07) is 0.367. The Morgan fingerprint density at radius 3 is 2.67 bits per heavy atom. The summed E-state index contributed by atoms with van der Waals surface area (Å²) in [5, 5.41) is 6.37. The molecule has 106 valence electrons. The topological polar surface area (TPSA) is 50.4 Å². The molecule has 0 spiro atoms. The first kappa shape index (κ1) is 15.3. The summed E-state index contributed by atoms with van der Waals surface area (Å²) in [7, 11) is 0. The molecule has 0 aromatic carbocycles. The van der Waals surface area contributed by atoms with Crippen LogP contribution in [0.1, 0.15) is 47.5 Å². The molecule has 2 atom stereocenters. The summed E-state index contributed by atoms with van der Waals surface area (Å²) in [4.78, 5) is 11.6. The van der Waals surface area contributed by atoms with Crippen LogP contribution in [-0.2, 0) is 4.74 Å². The Bertz CT molecular complexity index is 271. The molecule has 2 N–H and O–H groups in total. The average molecular weight is 256 g/mol. The van der Waals surface area contributed by atoms with Crippen LogP contribution in [0.5, 0.6) is 0 Å². The Morgan fingerprint density at radius 2 is 2.11 bits per heavy atom. The number of hydrogen-bond acceptors (Lipinski definition) is 3. The van der Waals surface area contributed by atoms with Gasteiger partial charge in [0, 0.05) is 12.6 Å². The van der Waals surface area contributed by atoms with E-state index in [2.05, 4.69) is 24.5 Å². The minimum Gasteiger partial charge on any atom is -0.444 e. The first-order valence-electron chi connectivity index (χ1n) is 7.00. The fourth-order valence-electron chi connectivity index (χ4n) is 2.51. The van der Waals surface area contributed by atoms with Gasteiger partial charge in [-0.3, -0.25) is 0 Å². The van der Waals surface area contributed by atoms with Gasteiger partial charge in [0.2, 0.25) is 0 Å². The van der Waals surface area contributed by atoms with Crippen molar-refractivity contribution < 1.29 is 9.53 Å². The van der Waals surface area contributed by atoms with E-state index in [0.29, 0.717) is 24.4 Å². The van der Waals surface area contributed by atoms with Crippen LogP contribution in [0.25, 0.3) is 0 Å². The van der Waals surface area contributed by atoms with E-state index in [1.165, 1.54) is 12.8 Å². The molecule has 0 bridgehead atoms. The maximum absolute atomic E-state index is 11.6. The van der Waals surface area contributed by atoms with E-state index < -0.39 is 5.60 Å². The molecular weight excluding hydrogens is 228 g/mol. The highest BCUT2D eigenvalue weighted by molar-refractivity contribution is 5.67. The van der Waals surface area contributed by atoms with Crippen LogP contribution in [0.2, 0.25) is 0 Å². The van der Waals surface area contributed by atoms with E-state index in [1.807, 2.05) is 20.8 Å². The van der Waals surface area contributed by atoms with E-state index in [-0.39, 0.29) is 6.09 Å². The van der Waals surface area contributed by atoms with Crippen molar-refractivity contribution in [2.45, 2.75) is 59.1 Å². The lowest BCUT2D eigenvalue weighted by molar-refractivity contribution is 0.0511. The lowest BCUT2D eigenvalue weighted by Crippen LogP contribution is -2.50. The van der Waals surface area contributed by atoms with Crippen LogP contribution in [0.15, 0.2) is 0 Å². The third-order valence-corrected chi connectivity index (χ3v) is 3.36. The number of hydrogen-bond donors (Lipinski definition) is 2. The smallest absolute Gasteiger partial charge is 0.407 e. The second-order valence-electron chi connectivity index (χ2n) is 6.49. The van der Waals surface area contributed by atoms with E-state index in [9.17, 15) is 4.79 Å². The van der Waals surface area contributed by atoms with Crippen molar-refractivity contribution in [3.8, 4) is 0 Å². The summed E-state index contributed by atoms with van der Waals surface area (Å²) in [6.45, 7) is 11.8. The second-order valence-corrected chi connectivity index (χ2v) is 6.49. The Hall–Kier alpha value is -0.770. The lowest BCUT2D eigenvalue weighted by atomic mass is 9.82. The second kappa shape index (κ2) is 6.41.